The van der Waals surface area contributed by atoms with Crippen LogP contribution in [-0.4, -0.2) is 4.98 Å². The first kappa shape index (κ1) is 11.1. The van der Waals surface area contributed by atoms with Crippen LogP contribution < -0.4 is 5.63 Å². The molecule has 0 unspecified atom stereocenters. The Hall–Kier alpha value is -2.81. The maximum Gasteiger partial charge on any atom is 0.338 e. The number of hydrogen-bond donors (Lipinski definition) is 1. The smallest absolute Gasteiger partial charge is 0.338 e. The summed E-state index contributed by atoms with van der Waals surface area (Å²) in [6.45, 7) is 0. The molecule has 0 spiro atoms. The lowest BCUT2D eigenvalue weighted by Crippen LogP contribution is -1.97. The van der Waals surface area contributed by atoms with Crippen LogP contribution in [0.25, 0.3) is 33.1 Å². The number of hydrogen-bond acceptors (Lipinski definition) is 2. The molecule has 96 valence electrons. The Morgan fingerprint density at radius 2 is 1.65 bits per heavy atom. The Morgan fingerprint density at radius 1 is 0.900 bits per heavy atom. The van der Waals surface area contributed by atoms with Gasteiger partial charge in [-0.25, -0.2) is 4.79 Å². The van der Waals surface area contributed by atoms with Crippen LogP contribution >= 0.6 is 0 Å². The molecular weight excluding hydrogens is 250 g/mol. The summed E-state index contributed by atoms with van der Waals surface area (Å²) in [4.78, 5) is 14.9. The second kappa shape index (κ2) is 4.10. The van der Waals surface area contributed by atoms with Crippen molar-refractivity contribution in [3.05, 3.63) is 71.1 Å². The summed E-state index contributed by atoms with van der Waals surface area (Å²) in [6, 6.07) is 19.4. The quantitative estimate of drug-likeness (QED) is 0.564. The average molecular weight is 261 g/mol. The molecule has 2 aromatic carbocycles. The number of rotatable bonds is 1. The van der Waals surface area contributed by atoms with E-state index in [2.05, 4.69) is 4.98 Å². The number of fused-ring (bicyclic) bond motifs is 3. The second-order valence-corrected chi connectivity index (χ2v) is 4.72. The molecule has 0 fully saturated rings. The van der Waals surface area contributed by atoms with Gasteiger partial charge < -0.3 is 9.40 Å². The van der Waals surface area contributed by atoms with E-state index in [0.717, 1.165) is 27.4 Å². The minimum absolute atomic E-state index is 0.345. The molecule has 2 aromatic heterocycles. The summed E-state index contributed by atoms with van der Waals surface area (Å²) >= 11 is 0. The number of benzene rings is 2. The van der Waals surface area contributed by atoms with Gasteiger partial charge in [-0.15, -0.1) is 0 Å². The fourth-order valence-corrected chi connectivity index (χ4v) is 2.63. The Morgan fingerprint density at radius 3 is 2.50 bits per heavy atom. The van der Waals surface area contributed by atoms with Crippen LogP contribution in [0.5, 0.6) is 0 Å². The predicted molar refractivity (Wildman–Crippen MR) is 79.8 cm³/mol. The van der Waals surface area contributed by atoms with Crippen molar-refractivity contribution in [2.45, 2.75) is 0 Å². The maximum absolute atomic E-state index is 11.8. The van der Waals surface area contributed by atoms with Gasteiger partial charge >= 0.3 is 5.63 Å². The third-order valence-electron chi connectivity index (χ3n) is 3.49. The minimum atomic E-state index is -0.345. The molecule has 0 aliphatic carbocycles. The van der Waals surface area contributed by atoms with E-state index in [9.17, 15) is 4.79 Å². The standard InChI is InChI=1S/C17H11NO2/c19-15-10-13(11-6-2-1-3-7-11)16-12-8-4-5-9-14(12)18-17(16)20-15/h1-10,18H. The van der Waals surface area contributed by atoms with Crippen molar-refractivity contribution >= 4 is 22.0 Å². The van der Waals surface area contributed by atoms with Gasteiger partial charge in [0.05, 0.1) is 5.39 Å². The first-order valence-corrected chi connectivity index (χ1v) is 6.43. The molecule has 4 aromatic rings. The van der Waals surface area contributed by atoms with E-state index in [1.54, 1.807) is 6.07 Å². The van der Waals surface area contributed by atoms with E-state index in [0.29, 0.717) is 5.71 Å². The molecule has 0 saturated heterocycles. The van der Waals surface area contributed by atoms with Crippen molar-refractivity contribution in [3.8, 4) is 11.1 Å². The van der Waals surface area contributed by atoms with E-state index < -0.39 is 0 Å². The van der Waals surface area contributed by atoms with E-state index in [4.69, 9.17) is 4.42 Å². The fourth-order valence-electron chi connectivity index (χ4n) is 2.63. The molecule has 1 N–H and O–H groups in total. The molecule has 4 rings (SSSR count). The molecule has 3 heteroatoms. The summed E-state index contributed by atoms with van der Waals surface area (Å²) < 4.78 is 5.30. The van der Waals surface area contributed by atoms with E-state index in [-0.39, 0.29) is 5.63 Å². The van der Waals surface area contributed by atoms with Crippen molar-refractivity contribution in [3.63, 3.8) is 0 Å². The molecule has 0 atom stereocenters. The fraction of sp³-hybridized carbons (Fsp3) is 0. The van der Waals surface area contributed by atoms with Crippen LogP contribution in [0.4, 0.5) is 0 Å². The molecular formula is C17H11NO2. The highest BCUT2D eigenvalue weighted by molar-refractivity contribution is 6.12. The number of aromatic amines is 1. The molecule has 0 aliphatic rings. The molecule has 0 aliphatic heterocycles. The molecule has 0 saturated carbocycles. The summed E-state index contributed by atoms with van der Waals surface area (Å²) in [6.07, 6.45) is 0. The van der Waals surface area contributed by atoms with Gasteiger partial charge in [-0.05, 0) is 11.6 Å². The van der Waals surface area contributed by atoms with Gasteiger partial charge in [-0.1, -0.05) is 48.5 Å². The van der Waals surface area contributed by atoms with E-state index in [1.165, 1.54) is 0 Å². The minimum Gasteiger partial charge on any atom is -0.406 e. The highest BCUT2D eigenvalue weighted by Crippen LogP contribution is 2.33. The van der Waals surface area contributed by atoms with Crippen LogP contribution in [0, 0.1) is 0 Å². The average Bonchev–Trinajstić information content (AvgIpc) is 2.85. The summed E-state index contributed by atoms with van der Waals surface area (Å²) in [5.41, 5.74) is 3.05. The number of aromatic nitrogens is 1. The highest BCUT2D eigenvalue weighted by Gasteiger charge is 2.13. The van der Waals surface area contributed by atoms with E-state index >= 15 is 0 Å². The molecule has 2 heterocycles. The number of para-hydroxylation sites is 1. The molecule has 0 amide bonds. The lowest BCUT2D eigenvalue weighted by atomic mass is 10.0. The van der Waals surface area contributed by atoms with Crippen LogP contribution in [0.15, 0.2) is 69.9 Å². The first-order chi connectivity index (χ1) is 9.83. The van der Waals surface area contributed by atoms with Gasteiger partial charge in [0.15, 0.2) is 0 Å². The lowest BCUT2D eigenvalue weighted by molar-refractivity contribution is 0.553. The van der Waals surface area contributed by atoms with Crippen molar-refractivity contribution in [1.29, 1.82) is 0 Å². The van der Waals surface area contributed by atoms with Crippen LogP contribution in [0.1, 0.15) is 0 Å². The van der Waals surface area contributed by atoms with E-state index in [1.807, 2.05) is 54.6 Å². The third kappa shape index (κ3) is 1.57. The number of nitrogens with one attached hydrogen (secondary N) is 1. The Labute approximate surface area is 114 Å². The molecule has 0 radical (unpaired) electrons. The van der Waals surface area contributed by atoms with Crippen LogP contribution in [-0.2, 0) is 0 Å². The topological polar surface area (TPSA) is 46.0 Å². The van der Waals surface area contributed by atoms with Gasteiger partial charge in [0.25, 0.3) is 0 Å². The van der Waals surface area contributed by atoms with Gasteiger partial charge in [0.1, 0.15) is 0 Å². The van der Waals surface area contributed by atoms with Gasteiger partial charge in [0.2, 0.25) is 5.71 Å². The lowest BCUT2D eigenvalue weighted by Gasteiger charge is -2.02. The van der Waals surface area contributed by atoms with Gasteiger partial charge in [0, 0.05) is 22.5 Å². The zero-order valence-corrected chi connectivity index (χ0v) is 10.6. The first-order valence-electron chi connectivity index (χ1n) is 6.43. The van der Waals surface area contributed by atoms with Crippen molar-refractivity contribution in [2.24, 2.45) is 0 Å². The highest BCUT2D eigenvalue weighted by atomic mass is 16.4. The van der Waals surface area contributed by atoms with Crippen molar-refractivity contribution < 1.29 is 4.42 Å². The molecule has 20 heavy (non-hydrogen) atoms. The van der Waals surface area contributed by atoms with Crippen LogP contribution in [0.2, 0.25) is 0 Å². The third-order valence-corrected chi connectivity index (χ3v) is 3.49. The summed E-state index contributed by atoms with van der Waals surface area (Å²) in [5.74, 6) is 0. The summed E-state index contributed by atoms with van der Waals surface area (Å²) in [7, 11) is 0. The Balaban J connectivity index is 2.22. The van der Waals surface area contributed by atoms with Crippen molar-refractivity contribution in [2.75, 3.05) is 0 Å². The van der Waals surface area contributed by atoms with Gasteiger partial charge in [-0.2, -0.15) is 0 Å². The second-order valence-electron chi connectivity index (χ2n) is 4.72. The SMILES string of the molecule is O=c1cc(-c2ccccc2)c2c([nH]c3ccccc32)o1. The largest absolute Gasteiger partial charge is 0.406 e. The predicted octanol–water partition coefficient (Wildman–Crippen LogP) is 3.94. The molecule has 3 nitrogen and oxygen atoms in total. The zero-order valence-electron chi connectivity index (χ0n) is 10.6. The maximum atomic E-state index is 11.8. The Bertz CT molecular complexity index is 965. The van der Waals surface area contributed by atoms with Crippen LogP contribution in [0.3, 0.4) is 0 Å². The van der Waals surface area contributed by atoms with Gasteiger partial charge in [-0.3, -0.25) is 0 Å². The zero-order chi connectivity index (χ0) is 13.5. The monoisotopic (exact) mass is 261 g/mol. The molecule has 0 bridgehead atoms. The Kier molecular flexibility index (Phi) is 2.27. The normalized spacial score (nSPS) is 11.2. The summed E-state index contributed by atoms with van der Waals surface area (Å²) in [5, 5.41) is 2.01. The number of H-pyrrole nitrogens is 1. The van der Waals surface area contributed by atoms with Crippen molar-refractivity contribution in [1.82, 2.24) is 4.98 Å².